The molecule has 8 nitrogen and oxygen atoms in total. The van der Waals surface area contributed by atoms with Gasteiger partial charge in [-0.05, 0) is 5.56 Å². The van der Waals surface area contributed by atoms with Crippen LogP contribution in [0.3, 0.4) is 0 Å². The highest BCUT2D eigenvalue weighted by atomic mass is 35.6. The molecule has 6 unspecified atom stereocenters. The summed E-state index contributed by atoms with van der Waals surface area (Å²) in [5, 5.41) is 13.7. The van der Waals surface area contributed by atoms with Crippen LogP contribution in [0.1, 0.15) is 17.4 Å². The first kappa shape index (κ1) is 25.5. The molecule has 2 aliphatic heterocycles. The summed E-state index contributed by atoms with van der Waals surface area (Å²) in [5.41, 5.74) is 1.68. The van der Waals surface area contributed by atoms with Gasteiger partial charge in [-0.15, -0.1) is 0 Å². The minimum absolute atomic E-state index is 0.164. The van der Waals surface area contributed by atoms with Crippen molar-refractivity contribution in [3.05, 3.63) is 71.8 Å². The van der Waals surface area contributed by atoms with Gasteiger partial charge in [0.2, 0.25) is 3.79 Å². The quantitative estimate of drug-likeness (QED) is 0.545. The number of carbonyl (C=O) groups is 1. The van der Waals surface area contributed by atoms with E-state index in [0.717, 1.165) is 11.1 Å². The van der Waals surface area contributed by atoms with E-state index in [1.165, 1.54) is 0 Å². The molecule has 2 aliphatic rings. The second-order valence-corrected chi connectivity index (χ2v) is 10.4. The van der Waals surface area contributed by atoms with Gasteiger partial charge in [-0.25, -0.2) is 4.79 Å². The number of hydrogen-bond donors (Lipinski definition) is 2. The van der Waals surface area contributed by atoms with Crippen LogP contribution in [0.2, 0.25) is 0 Å². The van der Waals surface area contributed by atoms with Crippen molar-refractivity contribution in [1.29, 1.82) is 0 Å². The number of carbonyl (C=O) groups excluding carboxylic acids is 1. The molecule has 2 fully saturated rings. The Hall–Kier alpha value is -1.62. The van der Waals surface area contributed by atoms with Crippen LogP contribution < -0.4 is 5.32 Å². The Bertz CT molecular complexity index is 931. The summed E-state index contributed by atoms with van der Waals surface area (Å²) in [5.74, 6) is 0. The molecule has 11 heteroatoms. The molecule has 2 heterocycles. The van der Waals surface area contributed by atoms with Crippen LogP contribution in [0.4, 0.5) is 4.79 Å². The van der Waals surface area contributed by atoms with Crippen molar-refractivity contribution in [2.75, 3.05) is 13.2 Å². The van der Waals surface area contributed by atoms with Crippen LogP contribution in [0, 0.1) is 0 Å². The van der Waals surface area contributed by atoms with Crippen molar-refractivity contribution in [3.63, 3.8) is 0 Å². The smallest absolute Gasteiger partial charge is 0.407 e. The van der Waals surface area contributed by atoms with Crippen LogP contribution in [-0.4, -0.2) is 58.8 Å². The number of amides is 1. The summed E-state index contributed by atoms with van der Waals surface area (Å²) in [6.07, 6.45) is -5.23. The average molecular weight is 533 g/mol. The van der Waals surface area contributed by atoms with Gasteiger partial charge >= 0.3 is 6.09 Å². The molecule has 2 aromatic carbocycles. The van der Waals surface area contributed by atoms with Crippen LogP contribution >= 0.6 is 34.8 Å². The monoisotopic (exact) mass is 531 g/mol. The number of alkyl carbamates (subject to hydrolysis) is 1. The minimum Gasteiger partial charge on any atom is -0.445 e. The highest BCUT2D eigenvalue weighted by Gasteiger charge is 2.50. The van der Waals surface area contributed by atoms with Crippen molar-refractivity contribution in [3.8, 4) is 0 Å². The normalized spacial score (nSPS) is 29.2. The number of benzene rings is 2. The van der Waals surface area contributed by atoms with Crippen molar-refractivity contribution in [2.24, 2.45) is 0 Å². The molecule has 34 heavy (non-hydrogen) atoms. The second-order valence-electron chi connectivity index (χ2n) is 7.87. The van der Waals surface area contributed by atoms with E-state index in [1.54, 1.807) is 0 Å². The van der Waals surface area contributed by atoms with E-state index in [2.05, 4.69) is 5.32 Å². The topological polar surface area (TPSA) is 95.5 Å². The highest BCUT2D eigenvalue weighted by molar-refractivity contribution is 6.67. The molecule has 2 saturated heterocycles. The predicted molar refractivity (Wildman–Crippen MR) is 124 cm³/mol. The summed E-state index contributed by atoms with van der Waals surface area (Å²) >= 11 is 17.0. The Morgan fingerprint density at radius 3 is 2.41 bits per heavy atom. The van der Waals surface area contributed by atoms with Crippen LogP contribution in [-0.2, 0) is 30.3 Å². The highest BCUT2D eigenvalue weighted by Crippen LogP contribution is 2.34. The molecule has 2 aromatic rings. The van der Waals surface area contributed by atoms with E-state index in [-0.39, 0.29) is 13.2 Å². The molecule has 2 N–H and O–H groups in total. The summed E-state index contributed by atoms with van der Waals surface area (Å²) in [7, 11) is 0. The van der Waals surface area contributed by atoms with E-state index in [0.29, 0.717) is 0 Å². The summed E-state index contributed by atoms with van der Waals surface area (Å²) in [4.78, 5) is 12.4. The zero-order valence-corrected chi connectivity index (χ0v) is 20.2. The lowest BCUT2D eigenvalue weighted by Gasteiger charge is -2.47. The van der Waals surface area contributed by atoms with Crippen LogP contribution in [0.15, 0.2) is 60.7 Å². The van der Waals surface area contributed by atoms with Gasteiger partial charge in [0, 0.05) is 5.56 Å². The van der Waals surface area contributed by atoms with Gasteiger partial charge in [-0.3, -0.25) is 0 Å². The van der Waals surface area contributed by atoms with Gasteiger partial charge in [0.25, 0.3) is 0 Å². The lowest BCUT2D eigenvalue weighted by molar-refractivity contribution is -0.345. The van der Waals surface area contributed by atoms with E-state index >= 15 is 0 Å². The number of hydrogen-bond acceptors (Lipinski definition) is 7. The lowest BCUT2D eigenvalue weighted by atomic mass is 9.96. The molecule has 0 saturated carbocycles. The van der Waals surface area contributed by atoms with Gasteiger partial charge in [0.15, 0.2) is 12.6 Å². The van der Waals surface area contributed by atoms with Gasteiger partial charge in [0.05, 0.1) is 13.2 Å². The number of ether oxygens (including phenoxy) is 5. The molecule has 0 radical (unpaired) electrons. The maximum atomic E-state index is 12.4. The van der Waals surface area contributed by atoms with Crippen molar-refractivity contribution in [2.45, 2.75) is 47.3 Å². The fraction of sp³-hybridized carbons (Fsp3) is 0.435. The Morgan fingerprint density at radius 2 is 1.74 bits per heavy atom. The largest absolute Gasteiger partial charge is 0.445 e. The number of nitrogens with one attached hydrogen (secondary N) is 1. The molecular weight excluding hydrogens is 509 g/mol. The Balaban J connectivity index is 1.47. The van der Waals surface area contributed by atoms with Crippen molar-refractivity contribution >= 4 is 40.9 Å². The lowest BCUT2D eigenvalue weighted by Crippen LogP contribution is -2.66. The Kier molecular flexibility index (Phi) is 8.55. The molecule has 1 amide bonds. The molecule has 0 spiro atoms. The number of fused-ring (bicyclic) bond motifs is 1. The number of aliphatic hydroxyl groups excluding tert-OH is 1. The molecule has 4 rings (SSSR count). The molecular formula is C23H24Cl3NO7. The Labute approximate surface area is 211 Å². The third-order valence-electron chi connectivity index (χ3n) is 5.35. The molecule has 0 bridgehead atoms. The summed E-state index contributed by atoms with van der Waals surface area (Å²) in [6.45, 7) is -0.128. The van der Waals surface area contributed by atoms with Gasteiger partial charge in [-0.1, -0.05) is 95.5 Å². The van der Waals surface area contributed by atoms with E-state index < -0.39 is 53.4 Å². The standard InChI is InChI=1S/C23H24Cl3NO7/c24-23(25,26)13-32-22(29)27-17-18(28)19-16(12-31-20(34-19)15-9-5-2-6-10-15)33-21(17)30-11-14-7-3-1-4-8-14/h1-10,16-21,28H,11-13H2,(H,27,29). The number of halogens is 3. The Morgan fingerprint density at radius 1 is 1.06 bits per heavy atom. The molecule has 6 atom stereocenters. The van der Waals surface area contributed by atoms with Crippen LogP contribution in [0.25, 0.3) is 0 Å². The third-order valence-corrected chi connectivity index (χ3v) is 5.67. The molecule has 0 aliphatic carbocycles. The molecule has 184 valence electrons. The SMILES string of the molecule is O=C(NC1C(OCc2ccccc2)OC2COC(c3ccccc3)OC2C1O)OCC(Cl)(Cl)Cl. The van der Waals surface area contributed by atoms with Gasteiger partial charge in [-0.2, -0.15) is 0 Å². The van der Waals surface area contributed by atoms with Gasteiger partial charge in [0.1, 0.15) is 31.0 Å². The zero-order chi connectivity index (χ0) is 24.1. The fourth-order valence-corrected chi connectivity index (χ4v) is 3.91. The third kappa shape index (κ3) is 6.74. The van der Waals surface area contributed by atoms with Gasteiger partial charge < -0.3 is 34.1 Å². The van der Waals surface area contributed by atoms with E-state index in [9.17, 15) is 9.90 Å². The van der Waals surface area contributed by atoms with E-state index in [1.807, 2.05) is 60.7 Å². The molecule has 0 aromatic heterocycles. The minimum atomic E-state index is -1.78. The maximum Gasteiger partial charge on any atom is 0.407 e. The number of alkyl halides is 3. The number of aliphatic hydroxyl groups is 1. The predicted octanol–water partition coefficient (Wildman–Crippen LogP) is 3.87. The summed E-state index contributed by atoms with van der Waals surface area (Å²) < 4.78 is 27.0. The van der Waals surface area contributed by atoms with Crippen molar-refractivity contribution in [1.82, 2.24) is 5.32 Å². The first-order chi connectivity index (χ1) is 16.3. The zero-order valence-electron chi connectivity index (χ0n) is 17.9. The summed E-state index contributed by atoms with van der Waals surface area (Å²) in [6, 6.07) is 17.7. The fourth-order valence-electron chi connectivity index (χ4n) is 3.75. The average Bonchev–Trinajstić information content (AvgIpc) is 2.84. The first-order valence-corrected chi connectivity index (χ1v) is 11.7. The van der Waals surface area contributed by atoms with E-state index in [4.69, 9.17) is 58.5 Å². The first-order valence-electron chi connectivity index (χ1n) is 10.6. The van der Waals surface area contributed by atoms with Crippen LogP contribution in [0.5, 0.6) is 0 Å². The second kappa shape index (κ2) is 11.4. The van der Waals surface area contributed by atoms with Crippen molar-refractivity contribution < 1.29 is 33.6 Å². The number of rotatable bonds is 6. The maximum absolute atomic E-state index is 12.4.